The van der Waals surface area contributed by atoms with Crippen molar-refractivity contribution in [1.29, 1.82) is 5.26 Å². The van der Waals surface area contributed by atoms with Crippen molar-refractivity contribution >= 4 is 17.4 Å². The van der Waals surface area contributed by atoms with Crippen LogP contribution in [-0.2, 0) is 12.8 Å². The highest BCUT2D eigenvalue weighted by Gasteiger charge is 2.18. The van der Waals surface area contributed by atoms with Crippen LogP contribution in [0.15, 0.2) is 54.7 Å². The zero-order valence-electron chi connectivity index (χ0n) is 15.0. The molecule has 2 heterocycles. The maximum atomic E-state index is 13.8. The molecule has 0 aliphatic carbocycles. The maximum absolute atomic E-state index is 13.8. The molecule has 1 aliphatic rings. The van der Waals surface area contributed by atoms with E-state index >= 15 is 0 Å². The molecule has 3 aromatic rings. The first-order valence-electron chi connectivity index (χ1n) is 8.94. The fourth-order valence-electron chi connectivity index (χ4n) is 3.39. The summed E-state index contributed by atoms with van der Waals surface area (Å²) in [7, 11) is 0. The van der Waals surface area contributed by atoms with Crippen molar-refractivity contribution in [2.75, 3.05) is 17.2 Å². The van der Waals surface area contributed by atoms with Gasteiger partial charge in [0, 0.05) is 24.0 Å². The molecule has 0 bridgehead atoms. The van der Waals surface area contributed by atoms with Crippen molar-refractivity contribution < 1.29 is 9.18 Å². The number of anilines is 2. The summed E-state index contributed by atoms with van der Waals surface area (Å²) in [5.74, 6) is -0.288. The molecule has 138 valence electrons. The largest absolute Gasteiger partial charge is 0.384 e. The number of nitriles is 1. The quantitative estimate of drug-likeness (QED) is 0.728. The van der Waals surface area contributed by atoms with Crippen LogP contribution in [0, 0.1) is 17.1 Å². The van der Waals surface area contributed by atoms with Crippen molar-refractivity contribution in [2.45, 2.75) is 12.8 Å². The molecule has 0 saturated carbocycles. The Morgan fingerprint density at radius 2 is 2.07 bits per heavy atom. The Balaban J connectivity index is 1.51. The van der Waals surface area contributed by atoms with Gasteiger partial charge in [0.2, 0.25) is 0 Å². The number of aromatic nitrogens is 1. The van der Waals surface area contributed by atoms with Gasteiger partial charge in [0.05, 0.1) is 5.56 Å². The maximum Gasteiger partial charge on any atom is 0.257 e. The summed E-state index contributed by atoms with van der Waals surface area (Å²) in [5.41, 5.74) is 4.31. The third-order valence-electron chi connectivity index (χ3n) is 4.74. The third-order valence-corrected chi connectivity index (χ3v) is 4.74. The van der Waals surface area contributed by atoms with E-state index in [2.05, 4.69) is 15.6 Å². The van der Waals surface area contributed by atoms with Gasteiger partial charge < -0.3 is 10.6 Å². The molecule has 1 amide bonds. The van der Waals surface area contributed by atoms with E-state index in [0.717, 1.165) is 35.3 Å². The molecule has 5 nitrogen and oxygen atoms in total. The number of fused-ring (bicyclic) bond motifs is 1. The topological polar surface area (TPSA) is 77.8 Å². The van der Waals surface area contributed by atoms with Crippen LogP contribution < -0.4 is 10.6 Å². The molecule has 6 heteroatoms. The zero-order valence-corrected chi connectivity index (χ0v) is 15.0. The van der Waals surface area contributed by atoms with Crippen LogP contribution in [0.25, 0.3) is 0 Å². The summed E-state index contributed by atoms with van der Waals surface area (Å²) in [5, 5.41) is 14.9. The van der Waals surface area contributed by atoms with E-state index in [0.29, 0.717) is 17.8 Å². The lowest BCUT2D eigenvalue weighted by Gasteiger charge is -2.10. The summed E-state index contributed by atoms with van der Waals surface area (Å²) in [6, 6.07) is 15.6. The van der Waals surface area contributed by atoms with E-state index in [-0.39, 0.29) is 11.5 Å². The van der Waals surface area contributed by atoms with Gasteiger partial charge in [0.1, 0.15) is 17.7 Å². The number of amides is 1. The first-order valence-corrected chi connectivity index (χ1v) is 8.94. The van der Waals surface area contributed by atoms with Crippen LogP contribution in [0.1, 0.15) is 32.6 Å². The van der Waals surface area contributed by atoms with Crippen molar-refractivity contribution in [3.05, 3.63) is 88.4 Å². The second-order valence-electron chi connectivity index (χ2n) is 6.61. The number of benzene rings is 2. The summed E-state index contributed by atoms with van der Waals surface area (Å²) in [6.45, 7) is 0.828. The van der Waals surface area contributed by atoms with E-state index in [9.17, 15) is 9.18 Å². The number of halogens is 1. The minimum Gasteiger partial charge on any atom is -0.384 e. The minimum atomic E-state index is -0.533. The van der Waals surface area contributed by atoms with Crippen LogP contribution in [-0.4, -0.2) is 17.4 Å². The van der Waals surface area contributed by atoms with Crippen molar-refractivity contribution in [1.82, 2.24) is 4.98 Å². The third kappa shape index (κ3) is 3.55. The number of rotatable bonds is 4. The highest BCUT2D eigenvalue weighted by atomic mass is 19.1. The Morgan fingerprint density at radius 3 is 2.89 bits per heavy atom. The number of hydrogen-bond donors (Lipinski definition) is 2. The molecule has 0 saturated heterocycles. The lowest BCUT2D eigenvalue weighted by atomic mass is 10.0. The van der Waals surface area contributed by atoms with Gasteiger partial charge >= 0.3 is 0 Å². The normalized spacial score (nSPS) is 12.0. The van der Waals surface area contributed by atoms with Gasteiger partial charge in [0.25, 0.3) is 5.91 Å². The van der Waals surface area contributed by atoms with Gasteiger partial charge in [-0.05, 0) is 65.9 Å². The highest BCUT2D eigenvalue weighted by molar-refractivity contribution is 6.06. The van der Waals surface area contributed by atoms with Crippen molar-refractivity contribution in [3.63, 3.8) is 0 Å². The molecule has 28 heavy (non-hydrogen) atoms. The lowest BCUT2D eigenvalue weighted by molar-refractivity contribution is 0.102. The number of pyridine rings is 1. The van der Waals surface area contributed by atoms with Gasteiger partial charge in [0.15, 0.2) is 0 Å². The number of nitrogens with one attached hydrogen (secondary N) is 2. The molecule has 0 unspecified atom stereocenters. The minimum absolute atomic E-state index is 0.0244. The monoisotopic (exact) mass is 372 g/mol. The smallest absolute Gasteiger partial charge is 0.257 e. The number of carbonyl (C=O) groups is 1. The molecule has 2 aromatic carbocycles. The van der Waals surface area contributed by atoms with Crippen LogP contribution in [0.3, 0.4) is 0 Å². The molecular formula is C22H17FN4O. The SMILES string of the molecule is N#Cc1ccc(Cc2ccnc(NC(=O)c3cccc4c3CCN4)c2)cc1F. The van der Waals surface area contributed by atoms with Crippen molar-refractivity contribution in [3.8, 4) is 6.07 Å². The van der Waals surface area contributed by atoms with E-state index in [4.69, 9.17) is 5.26 Å². The van der Waals surface area contributed by atoms with Gasteiger partial charge in [-0.25, -0.2) is 9.37 Å². The van der Waals surface area contributed by atoms with Crippen LogP contribution in [0.5, 0.6) is 0 Å². The summed E-state index contributed by atoms with van der Waals surface area (Å²) < 4.78 is 13.8. The Hall–Kier alpha value is -3.72. The van der Waals surface area contributed by atoms with Crippen LogP contribution in [0.4, 0.5) is 15.9 Å². The molecule has 0 spiro atoms. The fraction of sp³-hybridized carbons (Fsp3) is 0.136. The second-order valence-corrected chi connectivity index (χ2v) is 6.61. The van der Waals surface area contributed by atoms with Crippen LogP contribution in [0.2, 0.25) is 0 Å². The molecule has 0 radical (unpaired) electrons. The van der Waals surface area contributed by atoms with E-state index in [1.807, 2.05) is 30.3 Å². The zero-order chi connectivity index (χ0) is 19.5. The molecule has 0 atom stereocenters. The molecule has 1 aliphatic heterocycles. The number of hydrogen-bond acceptors (Lipinski definition) is 4. The highest BCUT2D eigenvalue weighted by Crippen LogP contribution is 2.26. The lowest BCUT2D eigenvalue weighted by Crippen LogP contribution is -2.15. The Labute approximate surface area is 161 Å². The summed E-state index contributed by atoms with van der Waals surface area (Å²) in [6.07, 6.45) is 2.90. The van der Waals surface area contributed by atoms with E-state index in [1.54, 1.807) is 18.3 Å². The summed E-state index contributed by atoms with van der Waals surface area (Å²) >= 11 is 0. The average molecular weight is 372 g/mol. The van der Waals surface area contributed by atoms with Gasteiger partial charge in [-0.3, -0.25) is 4.79 Å². The Bertz CT molecular complexity index is 1100. The first kappa shape index (κ1) is 17.7. The first-order chi connectivity index (χ1) is 13.6. The van der Waals surface area contributed by atoms with Gasteiger partial charge in [-0.1, -0.05) is 12.1 Å². The Kier molecular flexibility index (Phi) is 4.73. The molecular weight excluding hydrogens is 355 g/mol. The average Bonchev–Trinajstić information content (AvgIpc) is 3.17. The number of carbonyl (C=O) groups excluding carboxylic acids is 1. The predicted octanol–water partition coefficient (Wildman–Crippen LogP) is 3.90. The van der Waals surface area contributed by atoms with Gasteiger partial charge in [-0.15, -0.1) is 0 Å². The Morgan fingerprint density at radius 1 is 1.21 bits per heavy atom. The molecule has 2 N–H and O–H groups in total. The van der Waals surface area contributed by atoms with Crippen molar-refractivity contribution in [2.24, 2.45) is 0 Å². The van der Waals surface area contributed by atoms with Crippen LogP contribution >= 0.6 is 0 Å². The predicted molar refractivity (Wildman–Crippen MR) is 105 cm³/mol. The molecule has 0 fully saturated rings. The van der Waals surface area contributed by atoms with E-state index < -0.39 is 5.82 Å². The second kappa shape index (κ2) is 7.49. The molecule has 4 rings (SSSR count). The van der Waals surface area contributed by atoms with Gasteiger partial charge in [-0.2, -0.15) is 5.26 Å². The summed E-state index contributed by atoms with van der Waals surface area (Å²) in [4.78, 5) is 16.9. The standard InChI is InChI=1S/C22H17FN4O/c23-19-11-14(4-5-16(19)13-24)10-15-6-8-26-21(12-15)27-22(28)18-2-1-3-20-17(18)7-9-25-20/h1-6,8,11-12,25H,7,9-10H2,(H,26,27,28). The van der Waals surface area contributed by atoms with E-state index in [1.165, 1.54) is 12.1 Å². The fourth-order valence-corrected chi connectivity index (χ4v) is 3.39. The molecule has 1 aromatic heterocycles. The number of nitrogens with zero attached hydrogens (tertiary/aromatic N) is 2.